The third-order valence-corrected chi connectivity index (χ3v) is 6.98. The quantitative estimate of drug-likeness (QED) is 0.334. The number of unbranched alkanes of at least 4 members (excludes halogenated alkanes) is 1. The van der Waals surface area contributed by atoms with Gasteiger partial charge in [0.15, 0.2) is 5.69 Å². The lowest BCUT2D eigenvalue weighted by Gasteiger charge is -2.13. The minimum Gasteiger partial charge on any atom is -0.461 e. The molecule has 0 bridgehead atoms. The highest BCUT2D eigenvalue weighted by Crippen LogP contribution is 2.29. The topological polar surface area (TPSA) is 104 Å². The normalized spacial score (nSPS) is 11.5. The summed E-state index contributed by atoms with van der Waals surface area (Å²) >= 11 is 1.47. The standard InChI is InChI=1S/C24H29N3O4S2/c1-4-6-11-21-26-22(24(28)31-5-2)23(32-3)27(21)16-17-12-14-18(15-13-17)19-9-7-8-10-20(19)33(25,29)30/h7-10,12-15H,4-6,11,16H2,1-3H3,(H2,25,29,30). The van der Waals surface area contributed by atoms with Crippen LogP contribution in [0.15, 0.2) is 58.5 Å². The molecule has 0 aliphatic rings. The predicted octanol–water partition coefficient (Wildman–Crippen LogP) is 4.49. The predicted molar refractivity (Wildman–Crippen MR) is 131 cm³/mol. The van der Waals surface area contributed by atoms with E-state index in [4.69, 9.17) is 9.88 Å². The number of esters is 1. The summed E-state index contributed by atoms with van der Waals surface area (Å²) in [6.45, 7) is 4.73. The third kappa shape index (κ3) is 5.85. The Balaban J connectivity index is 1.96. The first kappa shape index (κ1) is 25.0. The maximum absolute atomic E-state index is 12.5. The van der Waals surface area contributed by atoms with E-state index in [1.165, 1.54) is 17.8 Å². The molecule has 33 heavy (non-hydrogen) atoms. The van der Waals surface area contributed by atoms with Gasteiger partial charge in [-0.2, -0.15) is 0 Å². The number of aryl methyl sites for hydroxylation is 1. The lowest BCUT2D eigenvalue weighted by molar-refractivity contribution is 0.0515. The molecule has 1 heterocycles. The Bertz CT molecular complexity index is 1220. The van der Waals surface area contributed by atoms with Gasteiger partial charge in [0.05, 0.1) is 11.5 Å². The Kier molecular flexibility index (Phi) is 8.34. The fourth-order valence-electron chi connectivity index (χ4n) is 3.64. The minimum atomic E-state index is -3.83. The van der Waals surface area contributed by atoms with Gasteiger partial charge in [0, 0.05) is 18.5 Å². The molecule has 0 saturated carbocycles. The van der Waals surface area contributed by atoms with E-state index in [9.17, 15) is 13.2 Å². The molecule has 2 N–H and O–H groups in total. The number of thioether (sulfide) groups is 1. The number of primary sulfonamides is 1. The maximum atomic E-state index is 12.5. The lowest BCUT2D eigenvalue weighted by atomic mass is 10.0. The van der Waals surface area contributed by atoms with Crippen LogP contribution in [0.4, 0.5) is 0 Å². The molecule has 2 aromatic carbocycles. The molecule has 0 amide bonds. The van der Waals surface area contributed by atoms with Crippen LogP contribution in [-0.2, 0) is 27.7 Å². The average Bonchev–Trinajstić information content (AvgIpc) is 3.15. The monoisotopic (exact) mass is 487 g/mol. The van der Waals surface area contributed by atoms with Crippen LogP contribution in [0.1, 0.15) is 48.6 Å². The van der Waals surface area contributed by atoms with E-state index >= 15 is 0 Å². The second-order valence-corrected chi connectivity index (χ2v) is 9.86. The second kappa shape index (κ2) is 11.0. The van der Waals surface area contributed by atoms with Gasteiger partial charge in [0.1, 0.15) is 10.9 Å². The molecule has 3 aromatic rings. The molecule has 0 saturated heterocycles. The first-order valence-corrected chi connectivity index (χ1v) is 13.6. The van der Waals surface area contributed by atoms with Gasteiger partial charge in [-0.3, -0.25) is 0 Å². The van der Waals surface area contributed by atoms with Crippen molar-refractivity contribution in [3.63, 3.8) is 0 Å². The number of benzene rings is 2. The molecular formula is C24H29N3O4S2. The maximum Gasteiger partial charge on any atom is 0.359 e. The fourth-order valence-corrected chi connectivity index (χ4v) is 5.11. The minimum absolute atomic E-state index is 0.0953. The van der Waals surface area contributed by atoms with Gasteiger partial charge in [-0.15, -0.1) is 11.8 Å². The van der Waals surface area contributed by atoms with Gasteiger partial charge < -0.3 is 9.30 Å². The lowest BCUT2D eigenvalue weighted by Crippen LogP contribution is -2.13. The van der Waals surface area contributed by atoms with Crippen LogP contribution in [0.2, 0.25) is 0 Å². The summed E-state index contributed by atoms with van der Waals surface area (Å²) in [4.78, 5) is 17.2. The van der Waals surface area contributed by atoms with Crippen molar-refractivity contribution in [2.75, 3.05) is 12.9 Å². The summed E-state index contributed by atoms with van der Waals surface area (Å²) in [5.74, 6) is 0.446. The van der Waals surface area contributed by atoms with Gasteiger partial charge in [-0.1, -0.05) is 55.8 Å². The van der Waals surface area contributed by atoms with Crippen molar-refractivity contribution in [3.8, 4) is 11.1 Å². The van der Waals surface area contributed by atoms with E-state index in [2.05, 4.69) is 16.5 Å². The van der Waals surface area contributed by atoms with Crippen molar-refractivity contribution in [2.24, 2.45) is 5.14 Å². The smallest absolute Gasteiger partial charge is 0.359 e. The van der Waals surface area contributed by atoms with Crippen LogP contribution in [-0.4, -0.2) is 36.8 Å². The number of aromatic nitrogens is 2. The number of rotatable bonds is 10. The summed E-state index contributed by atoms with van der Waals surface area (Å²) in [5.41, 5.74) is 2.69. The molecule has 1 aromatic heterocycles. The largest absolute Gasteiger partial charge is 0.461 e. The van der Waals surface area contributed by atoms with E-state index < -0.39 is 16.0 Å². The molecule has 9 heteroatoms. The number of ether oxygens (including phenoxy) is 1. The number of imidazole rings is 1. The summed E-state index contributed by atoms with van der Waals surface area (Å²) in [7, 11) is -3.83. The number of hydrogen-bond donors (Lipinski definition) is 1. The van der Waals surface area contributed by atoms with Gasteiger partial charge in [-0.25, -0.2) is 23.3 Å². The zero-order valence-electron chi connectivity index (χ0n) is 19.1. The second-order valence-electron chi connectivity index (χ2n) is 7.53. The van der Waals surface area contributed by atoms with E-state index in [0.717, 1.165) is 41.2 Å². The van der Waals surface area contributed by atoms with Crippen molar-refractivity contribution in [2.45, 2.75) is 49.6 Å². The number of hydrogen-bond acceptors (Lipinski definition) is 6. The summed E-state index contributed by atoms with van der Waals surface area (Å²) in [5, 5.41) is 6.17. The van der Waals surface area contributed by atoms with Crippen LogP contribution >= 0.6 is 11.8 Å². The molecule has 0 unspecified atom stereocenters. The van der Waals surface area contributed by atoms with Crippen LogP contribution in [0.3, 0.4) is 0 Å². The summed E-state index contributed by atoms with van der Waals surface area (Å²) in [6.07, 6.45) is 4.68. The van der Waals surface area contributed by atoms with Gasteiger partial charge in [0.25, 0.3) is 0 Å². The molecular weight excluding hydrogens is 458 g/mol. The summed E-state index contributed by atoms with van der Waals surface area (Å²) < 4.78 is 31.2. The van der Waals surface area contributed by atoms with E-state index in [1.54, 1.807) is 25.1 Å². The van der Waals surface area contributed by atoms with Gasteiger partial charge in [-0.05, 0) is 36.8 Å². The molecule has 0 fully saturated rings. The number of nitrogens with two attached hydrogens (primary N) is 1. The Morgan fingerprint density at radius 1 is 1.12 bits per heavy atom. The molecule has 0 aliphatic carbocycles. The fraction of sp³-hybridized carbons (Fsp3) is 0.333. The first-order chi connectivity index (χ1) is 15.8. The zero-order chi connectivity index (χ0) is 24.0. The molecule has 3 rings (SSSR count). The molecule has 0 spiro atoms. The first-order valence-electron chi connectivity index (χ1n) is 10.8. The van der Waals surface area contributed by atoms with Crippen LogP contribution < -0.4 is 5.14 Å². The van der Waals surface area contributed by atoms with Crippen molar-refractivity contribution >= 4 is 27.8 Å². The number of nitrogens with zero attached hydrogens (tertiary/aromatic N) is 2. The Labute approximate surface area is 199 Å². The zero-order valence-corrected chi connectivity index (χ0v) is 20.7. The molecule has 0 radical (unpaired) electrons. The molecule has 7 nitrogen and oxygen atoms in total. The number of sulfonamides is 1. The molecule has 176 valence electrons. The van der Waals surface area contributed by atoms with Crippen molar-refractivity contribution in [3.05, 3.63) is 65.6 Å². The number of carbonyl (C=O) groups excluding carboxylic acids is 1. The molecule has 0 atom stereocenters. The number of carbonyl (C=O) groups is 1. The van der Waals surface area contributed by atoms with E-state index in [1.807, 2.05) is 30.5 Å². The van der Waals surface area contributed by atoms with Gasteiger partial charge in [0.2, 0.25) is 10.0 Å². The van der Waals surface area contributed by atoms with Crippen LogP contribution in [0.25, 0.3) is 11.1 Å². The van der Waals surface area contributed by atoms with E-state index in [-0.39, 0.29) is 4.90 Å². The van der Waals surface area contributed by atoms with Gasteiger partial charge >= 0.3 is 5.97 Å². The Morgan fingerprint density at radius 3 is 2.42 bits per heavy atom. The average molecular weight is 488 g/mol. The highest BCUT2D eigenvalue weighted by Gasteiger charge is 2.23. The third-order valence-electron chi connectivity index (χ3n) is 5.22. The van der Waals surface area contributed by atoms with Crippen molar-refractivity contribution < 1.29 is 17.9 Å². The van der Waals surface area contributed by atoms with E-state index in [0.29, 0.717) is 24.4 Å². The molecule has 0 aliphatic heterocycles. The summed E-state index contributed by atoms with van der Waals surface area (Å²) in [6, 6.07) is 14.3. The van der Waals surface area contributed by atoms with Crippen LogP contribution in [0, 0.1) is 0 Å². The SMILES string of the molecule is CCCCc1nc(C(=O)OCC)c(SC)n1Cc1ccc(-c2ccccc2S(N)(=O)=O)cc1. The highest BCUT2D eigenvalue weighted by atomic mass is 32.2. The van der Waals surface area contributed by atoms with Crippen molar-refractivity contribution in [1.82, 2.24) is 9.55 Å². The van der Waals surface area contributed by atoms with Crippen molar-refractivity contribution in [1.29, 1.82) is 0 Å². The Morgan fingerprint density at radius 2 is 1.82 bits per heavy atom. The Hall–Kier alpha value is -2.62. The highest BCUT2D eigenvalue weighted by molar-refractivity contribution is 7.98. The van der Waals surface area contributed by atoms with Crippen LogP contribution in [0.5, 0.6) is 0 Å².